The highest BCUT2D eigenvalue weighted by molar-refractivity contribution is 5.31. The highest BCUT2D eigenvalue weighted by atomic mass is 16.5. The van der Waals surface area contributed by atoms with Gasteiger partial charge in [0.25, 0.3) is 5.56 Å². The predicted molar refractivity (Wildman–Crippen MR) is 78.1 cm³/mol. The molecule has 0 amide bonds. The van der Waals surface area contributed by atoms with Crippen LogP contribution in [0.25, 0.3) is 0 Å². The first-order chi connectivity index (χ1) is 9.84. The van der Waals surface area contributed by atoms with Crippen LogP contribution >= 0.6 is 0 Å². The first kappa shape index (κ1) is 13.6. The number of hydrogen-bond acceptors (Lipinski definition) is 4. The van der Waals surface area contributed by atoms with Crippen LogP contribution in [0, 0.1) is 0 Å². The van der Waals surface area contributed by atoms with Gasteiger partial charge in [-0.3, -0.25) is 4.79 Å². The van der Waals surface area contributed by atoms with Gasteiger partial charge in [-0.2, -0.15) is 0 Å². The van der Waals surface area contributed by atoms with Crippen molar-refractivity contribution < 1.29 is 4.74 Å². The smallest absolute Gasteiger partial charge is 0.293 e. The van der Waals surface area contributed by atoms with Gasteiger partial charge in [-0.05, 0) is 25.7 Å². The maximum absolute atomic E-state index is 12.1. The Morgan fingerprint density at radius 3 is 2.80 bits per heavy atom. The van der Waals surface area contributed by atoms with Crippen molar-refractivity contribution >= 4 is 5.82 Å². The van der Waals surface area contributed by atoms with Gasteiger partial charge in [0.1, 0.15) is 0 Å². The van der Waals surface area contributed by atoms with Crippen molar-refractivity contribution in [3.8, 4) is 0 Å². The molecule has 2 saturated carbocycles. The molecule has 3 rings (SSSR count). The molecule has 0 bridgehead atoms. The summed E-state index contributed by atoms with van der Waals surface area (Å²) in [6, 6.07) is 0.393. The van der Waals surface area contributed by atoms with E-state index in [1.807, 2.05) is 0 Å². The lowest BCUT2D eigenvalue weighted by Gasteiger charge is -2.22. The van der Waals surface area contributed by atoms with Gasteiger partial charge in [0.05, 0.1) is 12.7 Å². The minimum atomic E-state index is -0.00679. The molecule has 0 atom stereocenters. The quantitative estimate of drug-likeness (QED) is 0.811. The van der Waals surface area contributed by atoms with Crippen LogP contribution in [0.4, 0.5) is 5.82 Å². The number of rotatable bonds is 6. The zero-order valence-electron chi connectivity index (χ0n) is 11.9. The number of hydrogen-bond donors (Lipinski definition) is 1. The standard InChI is InChI=1S/C15H23N3O2/c19-15-14(16-8-10-18(15)12-6-7-12)17-9-11-20-13-4-2-1-3-5-13/h8,10,12-13H,1-7,9,11H2,(H,16,17). The highest BCUT2D eigenvalue weighted by Crippen LogP contribution is 2.33. The van der Waals surface area contributed by atoms with Crippen LogP contribution < -0.4 is 10.9 Å². The van der Waals surface area contributed by atoms with Gasteiger partial charge < -0.3 is 14.6 Å². The van der Waals surface area contributed by atoms with Crippen molar-refractivity contribution in [3.05, 3.63) is 22.7 Å². The Morgan fingerprint density at radius 1 is 1.25 bits per heavy atom. The zero-order valence-corrected chi connectivity index (χ0v) is 11.9. The van der Waals surface area contributed by atoms with Crippen molar-refractivity contribution in [3.63, 3.8) is 0 Å². The summed E-state index contributed by atoms with van der Waals surface area (Å²) in [6.45, 7) is 1.29. The van der Waals surface area contributed by atoms with E-state index < -0.39 is 0 Å². The minimum Gasteiger partial charge on any atom is -0.376 e. The fourth-order valence-corrected chi connectivity index (χ4v) is 2.81. The van der Waals surface area contributed by atoms with Gasteiger partial charge in [0.15, 0.2) is 5.82 Å². The number of anilines is 1. The zero-order chi connectivity index (χ0) is 13.8. The second-order valence-electron chi connectivity index (χ2n) is 5.78. The summed E-state index contributed by atoms with van der Waals surface area (Å²) in [5, 5.41) is 3.11. The molecule has 1 aromatic rings. The molecule has 1 aromatic heterocycles. The third kappa shape index (κ3) is 3.39. The van der Waals surface area contributed by atoms with Crippen LogP contribution in [0.3, 0.4) is 0 Å². The first-order valence-corrected chi connectivity index (χ1v) is 7.77. The highest BCUT2D eigenvalue weighted by Gasteiger charge is 2.25. The second kappa shape index (κ2) is 6.39. The molecule has 0 aliphatic heterocycles. The lowest BCUT2D eigenvalue weighted by atomic mass is 9.98. The van der Waals surface area contributed by atoms with Crippen molar-refractivity contribution in [1.82, 2.24) is 9.55 Å². The minimum absolute atomic E-state index is 0.00679. The molecular weight excluding hydrogens is 254 g/mol. The van der Waals surface area contributed by atoms with Crippen LogP contribution in [0.1, 0.15) is 51.0 Å². The summed E-state index contributed by atoms with van der Waals surface area (Å²) in [4.78, 5) is 16.3. The van der Waals surface area contributed by atoms with E-state index in [0.717, 1.165) is 12.8 Å². The van der Waals surface area contributed by atoms with Crippen molar-refractivity contribution in [2.24, 2.45) is 0 Å². The summed E-state index contributed by atoms with van der Waals surface area (Å²) in [5.41, 5.74) is -0.00679. The van der Waals surface area contributed by atoms with E-state index in [1.165, 1.54) is 32.1 Å². The summed E-state index contributed by atoms with van der Waals surface area (Å²) in [6.07, 6.45) is 12.4. The average molecular weight is 277 g/mol. The van der Waals surface area contributed by atoms with Gasteiger partial charge >= 0.3 is 0 Å². The molecule has 5 nitrogen and oxygen atoms in total. The Hall–Kier alpha value is -1.36. The predicted octanol–water partition coefficient (Wildman–Crippen LogP) is 2.34. The van der Waals surface area contributed by atoms with Crippen LogP contribution in [0.15, 0.2) is 17.2 Å². The third-order valence-electron chi connectivity index (χ3n) is 4.11. The maximum atomic E-state index is 12.1. The van der Waals surface area contributed by atoms with Gasteiger partial charge in [0, 0.05) is 25.0 Å². The molecule has 2 aliphatic carbocycles. The first-order valence-electron chi connectivity index (χ1n) is 7.77. The van der Waals surface area contributed by atoms with E-state index in [9.17, 15) is 4.79 Å². The topological polar surface area (TPSA) is 56.1 Å². The monoisotopic (exact) mass is 277 g/mol. The molecule has 0 saturated heterocycles. The largest absolute Gasteiger partial charge is 0.376 e. The van der Waals surface area contributed by atoms with Crippen LogP contribution in [0.5, 0.6) is 0 Å². The number of aromatic nitrogens is 2. The van der Waals surface area contributed by atoms with E-state index in [1.54, 1.807) is 17.0 Å². The fourth-order valence-electron chi connectivity index (χ4n) is 2.81. The maximum Gasteiger partial charge on any atom is 0.293 e. The number of nitrogens with one attached hydrogen (secondary N) is 1. The Bertz CT molecular complexity index is 490. The summed E-state index contributed by atoms with van der Waals surface area (Å²) in [7, 11) is 0. The summed E-state index contributed by atoms with van der Waals surface area (Å²) < 4.78 is 7.62. The molecule has 5 heteroatoms. The molecule has 0 unspecified atom stereocenters. The van der Waals surface area contributed by atoms with Crippen LogP contribution in [0.2, 0.25) is 0 Å². The third-order valence-corrected chi connectivity index (χ3v) is 4.11. The van der Waals surface area contributed by atoms with Gasteiger partial charge in [0.2, 0.25) is 0 Å². The molecule has 110 valence electrons. The normalized spacial score (nSPS) is 20.0. The van der Waals surface area contributed by atoms with Crippen molar-refractivity contribution in [2.75, 3.05) is 18.5 Å². The van der Waals surface area contributed by atoms with Gasteiger partial charge in [-0.25, -0.2) is 4.98 Å². The Kier molecular flexibility index (Phi) is 4.35. The Balaban J connectivity index is 1.46. The lowest BCUT2D eigenvalue weighted by Crippen LogP contribution is -2.26. The molecule has 0 radical (unpaired) electrons. The Morgan fingerprint density at radius 2 is 2.05 bits per heavy atom. The SMILES string of the molecule is O=c1c(NCCOC2CCCCC2)nccn1C1CC1. The molecule has 20 heavy (non-hydrogen) atoms. The van der Waals surface area contributed by atoms with Crippen LogP contribution in [-0.2, 0) is 4.74 Å². The molecule has 0 spiro atoms. The fraction of sp³-hybridized carbons (Fsp3) is 0.733. The van der Waals surface area contributed by atoms with Gasteiger partial charge in [-0.1, -0.05) is 19.3 Å². The van der Waals surface area contributed by atoms with Gasteiger partial charge in [-0.15, -0.1) is 0 Å². The van der Waals surface area contributed by atoms with Crippen molar-refractivity contribution in [1.29, 1.82) is 0 Å². The van der Waals surface area contributed by atoms with E-state index in [-0.39, 0.29) is 5.56 Å². The number of ether oxygens (including phenoxy) is 1. The lowest BCUT2D eigenvalue weighted by molar-refractivity contribution is 0.0347. The summed E-state index contributed by atoms with van der Waals surface area (Å²) in [5.74, 6) is 0.451. The molecule has 1 heterocycles. The van der Waals surface area contributed by atoms with E-state index in [2.05, 4.69) is 10.3 Å². The average Bonchev–Trinajstić information content (AvgIpc) is 3.31. The Labute approximate surface area is 119 Å². The van der Waals surface area contributed by atoms with E-state index in [0.29, 0.717) is 31.1 Å². The number of nitrogens with zero attached hydrogens (tertiary/aromatic N) is 2. The van der Waals surface area contributed by atoms with E-state index in [4.69, 9.17) is 4.74 Å². The molecular formula is C15H23N3O2. The second-order valence-corrected chi connectivity index (χ2v) is 5.78. The van der Waals surface area contributed by atoms with Crippen molar-refractivity contribution in [2.45, 2.75) is 57.1 Å². The molecule has 2 aliphatic rings. The molecule has 0 aromatic carbocycles. The molecule has 2 fully saturated rings. The summed E-state index contributed by atoms with van der Waals surface area (Å²) >= 11 is 0. The van der Waals surface area contributed by atoms with Crippen LogP contribution in [-0.4, -0.2) is 28.8 Å². The molecule has 1 N–H and O–H groups in total. The van der Waals surface area contributed by atoms with E-state index >= 15 is 0 Å².